The van der Waals surface area contributed by atoms with Gasteiger partial charge in [-0.1, -0.05) is 54.3 Å². The Labute approximate surface area is 229 Å². The van der Waals surface area contributed by atoms with Crippen LogP contribution in [0.1, 0.15) is 47.0 Å². The Morgan fingerprint density at radius 2 is 1.87 bits per heavy atom. The molecular weight excluding hydrogens is 525 g/mol. The lowest BCUT2D eigenvalue weighted by Crippen LogP contribution is -2.04. The molecule has 7 nitrogen and oxygen atoms in total. The van der Waals surface area contributed by atoms with E-state index in [9.17, 15) is 4.79 Å². The Kier molecular flexibility index (Phi) is 7.40. The Balaban J connectivity index is 1.43. The number of carbonyl (C=O) groups excluding carboxylic acids is 1. The maximum absolute atomic E-state index is 11.9. The summed E-state index contributed by atoms with van der Waals surface area (Å²) in [5, 5.41) is 6.13. The number of rotatable bonds is 8. The fraction of sp³-hybridized carbons (Fsp3) is 0.207. The normalized spacial score (nSPS) is 11.3. The number of hydrogen-bond acceptors (Lipinski definition) is 6. The average Bonchev–Trinajstić information content (AvgIpc) is 3.51. The number of esters is 1. The number of nitrogens with zero attached hydrogens (tertiary/aromatic N) is 3. The van der Waals surface area contributed by atoms with Crippen LogP contribution in [0.5, 0.6) is 5.75 Å². The predicted octanol–water partition coefficient (Wildman–Crippen LogP) is 7.54. The van der Waals surface area contributed by atoms with Gasteiger partial charge in [0, 0.05) is 42.7 Å². The summed E-state index contributed by atoms with van der Waals surface area (Å²) in [7, 11) is 1.38. The molecule has 2 aromatic carbocycles. The van der Waals surface area contributed by atoms with Gasteiger partial charge < -0.3 is 18.6 Å². The molecule has 5 aromatic rings. The van der Waals surface area contributed by atoms with E-state index in [1.807, 2.05) is 62.5 Å². The fourth-order valence-corrected chi connectivity index (χ4v) is 4.95. The molecule has 0 saturated heterocycles. The summed E-state index contributed by atoms with van der Waals surface area (Å²) in [4.78, 5) is 16.0. The van der Waals surface area contributed by atoms with E-state index < -0.39 is 0 Å². The molecule has 5 rings (SSSR count). The molecule has 0 fully saturated rings. The third-order valence-corrected chi connectivity index (χ3v) is 6.84. The van der Waals surface area contributed by atoms with E-state index in [2.05, 4.69) is 14.7 Å². The van der Waals surface area contributed by atoms with Crippen molar-refractivity contribution in [2.45, 2.75) is 32.9 Å². The van der Waals surface area contributed by atoms with Gasteiger partial charge in [0.1, 0.15) is 23.8 Å². The number of pyridine rings is 1. The van der Waals surface area contributed by atoms with Crippen LogP contribution in [-0.4, -0.2) is 27.8 Å². The Morgan fingerprint density at radius 3 is 2.61 bits per heavy atom. The molecule has 3 aromatic heterocycles. The highest BCUT2D eigenvalue weighted by atomic mass is 35.5. The Morgan fingerprint density at radius 1 is 1.08 bits per heavy atom. The summed E-state index contributed by atoms with van der Waals surface area (Å²) >= 11 is 12.8. The first kappa shape index (κ1) is 25.8. The minimum absolute atomic E-state index is 0.0784. The quantitative estimate of drug-likeness (QED) is 0.186. The van der Waals surface area contributed by atoms with Crippen molar-refractivity contribution in [1.82, 2.24) is 14.7 Å². The van der Waals surface area contributed by atoms with Crippen LogP contribution < -0.4 is 4.74 Å². The molecule has 0 aliphatic heterocycles. The number of hydrogen-bond donors (Lipinski definition) is 0. The number of benzene rings is 2. The van der Waals surface area contributed by atoms with E-state index in [0.29, 0.717) is 44.9 Å². The van der Waals surface area contributed by atoms with Gasteiger partial charge in [-0.15, -0.1) is 0 Å². The molecule has 38 heavy (non-hydrogen) atoms. The molecule has 0 amide bonds. The van der Waals surface area contributed by atoms with E-state index in [-0.39, 0.29) is 18.5 Å². The zero-order valence-corrected chi connectivity index (χ0v) is 22.6. The lowest BCUT2D eigenvalue weighted by molar-refractivity contribution is 0.0600. The number of methoxy groups -OCH3 is 1. The first-order valence-electron chi connectivity index (χ1n) is 12.0. The lowest BCUT2D eigenvalue weighted by Gasteiger charge is -2.12. The van der Waals surface area contributed by atoms with Crippen LogP contribution in [0.15, 0.2) is 71.6 Å². The van der Waals surface area contributed by atoms with E-state index in [4.69, 9.17) is 37.2 Å². The van der Waals surface area contributed by atoms with Gasteiger partial charge in [-0.2, -0.15) is 0 Å². The highest BCUT2D eigenvalue weighted by molar-refractivity contribution is 6.38. The van der Waals surface area contributed by atoms with E-state index >= 15 is 0 Å². The maximum atomic E-state index is 11.9. The molecule has 0 unspecified atom stereocenters. The third kappa shape index (κ3) is 5.12. The van der Waals surface area contributed by atoms with E-state index in [0.717, 1.165) is 22.0 Å². The van der Waals surface area contributed by atoms with Gasteiger partial charge in [0.2, 0.25) is 0 Å². The average molecular weight is 550 g/mol. The molecular formula is C29H25Cl2N3O4. The molecule has 0 N–H and O–H groups in total. The zero-order valence-electron chi connectivity index (χ0n) is 21.1. The summed E-state index contributed by atoms with van der Waals surface area (Å²) in [6, 6.07) is 15.4. The summed E-state index contributed by atoms with van der Waals surface area (Å²) in [5.41, 5.74) is 4.40. The Hall–Kier alpha value is -3.81. The SMILES string of the molecule is COC(=O)c1cccc(Cn2ccc3ccc(OCc4c(-c5c(Cl)cncc5Cl)noc4C(C)C)cc32)c1. The van der Waals surface area contributed by atoms with Crippen molar-refractivity contribution in [3.8, 4) is 17.0 Å². The number of ether oxygens (including phenoxy) is 2. The molecule has 0 saturated carbocycles. The standard InChI is InChI=1S/C29H25Cl2N3O4/c1-17(2)28-22(27(33-38-28)26-23(30)13-32-14-24(26)31)16-37-21-8-7-19-9-10-34(25(19)12-21)15-18-5-4-6-20(11-18)29(35)36-3/h4-14,17H,15-16H2,1-3H3. The van der Waals surface area contributed by atoms with Crippen molar-refractivity contribution in [1.29, 1.82) is 0 Å². The van der Waals surface area contributed by atoms with Gasteiger partial charge in [-0.05, 0) is 41.3 Å². The van der Waals surface area contributed by atoms with E-state index in [1.54, 1.807) is 6.07 Å². The largest absolute Gasteiger partial charge is 0.489 e. The van der Waals surface area contributed by atoms with Crippen molar-refractivity contribution in [2.75, 3.05) is 7.11 Å². The fourth-order valence-electron chi connectivity index (χ4n) is 4.41. The van der Waals surface area contributed by atoms with Crippen LogP contribution in [0.25, 0.3) is 22.2 Å². The van der Waals surface area contributed by atoms with Crippen molar-refractivity contribution in [3.63, 3.8) is 0 Å². The smallest absolute Gasteiger partial charge is 0.337 e. The van der Waals surface area contributed by atoms with Gasteiger partial charge in [-0.25, -0.2) is 4.79 Å². The predicted molar refractivity (Wildman–Crippen MR) is 147 cm³/mol. The van der Waals surface area contributed by atoms with Crippen molar-refractivity contribution >= 4 is 40.1 Å². The van der Waals surface area contributed by atoms with Crippen LogP contribution >= 0.6 is 23.2 Å². The van der Waals surface area contributed by atoms with Crippen molar-refractivity contribution < 1.29 is 18.8 Å². The van der Waals surface area contributed by atoms with Gasteiger partial charge in [0.05, 0.1) is 33.8 Å². The molecule has 3 heterocycles. The summed E-state index contributed by atoms with van der Waals surface area (Å²) in [6.07, 6.45) is 5.07. The second-order valence-corrected chi connectivity index (χ2v) is 9.97. The topological polar surface area (TPSA) is 79.4 Å². The van der Waals surface area contributed by atoms with Crippen molar-refractivity contribution in [2.24, 2.45) is 0 Å². The summed E-state index contributed by atoms with van der Waals surface area (Å²) in [5.74, 6) is 1.12. The van der Waals surface area contributed by atoms with Crippen LogP contribution in [0.4, 0.5) is 0 Å². The number of carbonyl (C=O) groups is 1. The third-order valence-electron chi connectivity index (χ3n) is 6.26. The molecule has 194 valence electrons. The molecule has 0 bridgehead atoms. The molecule has 0 radical (unpaired) electrons. The number of aromatic nitrogens is 3. The highest BCUT2D eigenvalue weighted by Crippen LogP contribution is 2.38. The summed E-state index contributed by atoms with van der Waals surface area (Å²) < 4.78 is 18.9. The van der Waals surface area contributed by atoms with Gasteiger partial charge in [0.15, 0.2) is 0 Å². The van der Waals surface area contributed by atoms with Gasteiger partial charge in [-0.3, -0.25) is 4.98 Å². The van der Waals surface area contributed by atoms with Crippen LogP contribution in [-0.2, 0) is 17.9 Å². The first-order chi connectivity index (χ1) is 18.4. The first-order valence-corrected chi connectivity index (χ1v) is 12.8. The zero-order chi connectivity index (χ0) is 26.8. The summed E-state index contributed by atoms with van der Waals surface area (Å²) in [6.45, 7) is 4.86. The molecule has 9 heteroatoms. The molecule has 0 aliphatic carbocycles. The van der Waals surface area contributed by atoms with Crippen molar-refractivity contribution in [3.05, 3.63) is 99.6 Å². The monoisotopic (exact) mass is 549 g/mol. The molecule has 0 spiro atoms. The Bertz CT molecular complexity index is 1600. The van der Waals surface area contributed by atoms with E-state index in [1.165, 1.54) is 19.5 Å². The van der Waals surface area contributed by atoms with Crippen LogP contribution in [0, 0.1) is 0 Å². The van der Waals surface area contributed by atoms with Gasteiger partial charge >= 0.3 is 5.97 Å². The second kappa shape index (κ2) is 10.9. The minimum Gasteiger partial charge on any atom is -0.489 e. The maximum Gasteiger partial charge on any atom is 0.337 e. The second-order valence-electron chi connectivity index (χ2n) is 9.15. The van der Waals surface area contributed by atoms with Gasteiger partial charge in [0.25, 0.3) is 0 Å². The lowest BCUT2D eigenvalue weighted by atomic mass is 10.0. The van der Waals surface area contributed by atoms with Crippen LogP contribution in [0.3, 0.4) is 0 Å². The minimum atomic E-state index is -0.358. The molecule has 0 atom stereocenters. The van der Waals surface area contributed by atoms with Crippen LogP contribution in [0.2, 0.25) is 10.0 Å². The highest BCUT2D eigenvalue weighted by Gasteiger charge is 2.24. The number of fused-ring (bicyclic) bond motifs is 1. The molecule has 0 aliphatic rings. The number of halogens is 2.